The second kappa shape index (κ2) is 8.18. The number of carbonyl (C=O) groups excluding carboxylic acids is 1. The van der Waals surface area contributed by atoms with Crippen molar-refractivity contribution in [3.63, 3.8) is 0 Å². The van der Waals surface area contributed by atoms with Gasteiger partial charge in [0.15, 0.2) is 0 Å². The summed E-state index contributed by atoms with van der Waals surface area (Å²) < 4.78 is 5.77. The maximum Gasteiger partial charge on any atom is 0.254 e. The lowest BCUT2D eigenvalue weighted by Gasteiger charge is -2.34. The van der Waals surface area contributed by atoms with E-state index < -0.39 is 0 Å². The normalized spacial score (nSPS) is 15.0. The molecule has 5 heteroatoms. The molecule has 1 aliphatic rings. The van der Waals surface area contributed by atoms with E-state index in [-0.39, 0.29) is 5.91 Å². The molecule has 1 fully saturated rings. The van der Waals surface area contributed by atoms with Crippen molar-refractivity contribution in [2.24, 2.45) is 0 Å². The number of ether oxygens (including phenoxy) is 1. The van der Waals surface area contributed by atoms with E-state index in [0.29, 0.717) is 6.61 Å². The number of nitrogens with zero attached hydrogens (tertiary/aromatic N) is 3. The summed E-state index contributed by atoms with van der Waals surface area (Å²) in [6, 6.07) is 19.5. The first-order valence-electron chi connectivity index (χ1n) is 9.34. The van der Waals surface area contributed by atoms with Crippen molar-refractivity contribution in [1.82, 2.24) is 14.8 Å². The molecule has 0 atom stereocenters. The summed E-state index contributed by atoms with van der Waals surface area (Å²) in [4.78, 5) is 21.6. The van der Waals surface area contributed by atoms with Gasteiger partial charge < -0.3 is 9.64 Å². The lowest BCUT2D eigenvalue weighted by Crippen LogP contribution is -2.49. The van der Waals surface area contributed by atoms with Crippen molar-refractivity contribution in [2.45, 2.75) is 0 Å². The number of para-hydroxylation sites is 2. The molecule has 138 valence electrons. The Balaban J connectivity index is 1.31. The predicted molar refractivity (Wildman–Crippen MR) is 106 cm³/mol. The first-order valence-corrected chi connectivity index (χ1v) is 9.34. The van der Waals surface area contributed by atoms with Gasteiger partial charge in [0.1, 0.15) is 12.4 Å². The Morgan fingerprint density at radius 1 is 0.926 bits per heavy atom. The molecule has 27 heavy (non-hydrogen) atoms. The topological polar surface area (TPSA) is 45.7 Å². The van der Waals surface area contributed by atoms with E-state index >= 15 is 0 Å². The lowest BCUT2D eigenvalue weighted by atomic mass is 10.1. The summed E-state index contributed by atoms with van der Waals surface area (Å²) in [6.07, 6.45) is 1.72. The quantitative estimate of drug-likeness (QED) is 0.701. The van der Waals surface area contributed by atoms with Crippen LogP contribution in [0.4, 0.5) is 0 Å². The molecule has 1 aromatic heterocycles. The van der Waals surface area contributed by atoms with Crippen molar-refractivity contribution in [3.05, 3.63) is 72.4 Å². The second-order valence-corrected chi connectivity index (χ2v) is 6.67. The Labute approximate surface area is 159 Å². The van der Waals surface area contributed by atoms with Crippen LogP contribution in [0, 0.1) is 0 Å². The van der Waals surface area contributed by atoms with Crippen molar-refractivity contribution in [1.29, 1.82) is 0 Å². The molecule has 0 radical (unpaired) electrons. The Morgan fingerprint density at radius 2 is 1.67 bits per heavy atom. The van der Waals surface area contributed by atoms with Crippen LogP contribution in [0.5, 0.6) is 5.75 Å². The Hall–Kier alpha value is -2.92. The molecule has 0 aliphatic carbocycles. The Morgan fingerprint density at radius 3 is 2.48 bits per heavy atom. The summed E-state index contributed by atoms with van der Waals surface area (Å²) in [5, 5.41) is 0.920. The number of fused-ring (bicyclic) bond motifs is 1. The maximum absolute atomic E-state index is 13.0. The first kappa shape index (κ1) is 17.5. The molecule has 0 saturated carbocycles. The molecule has 0 bridgehead atoms. The van der Waals surface area contributed by atoms with Crippen LogP contribution in [0.1, 0.15) is 10.4 Å². The number of piperazine rings is 1. The molecule has 2 aromatic carbocycles. The van der Waals surface area contributed by atoms with Crippen molar-refractivity contribution < 1.29 is 9.53 Å². The average molecular weight is 361 g/mol. The molecular weight excluding hydrogens is 338 g/mol. The number of rotatable bonds is 5. The van der Waals surface area contributed by atoms with Gasteiger partial charge in [-0.2, -0.15) is 0 Å². The van der Waals surface area contributed by atoms with Gasteiger partial charge in [-0.1, -0.05) is 36.4 Å². The number of benzene rings is 2. The van der Waals surface area contributed by atoms with Gasteiger partial charge in [-0.05, 0) is 24.3 Å². The molecule has 1 saturated heterocycles. The number of hydrogen-bond donors (Lipinski definition) is 0. The summed E-state index contributed by atoms with van der Waals surface area (Å²) in [7, 11) is 0. The lowest BCUT2D eigenvalue weighted by molar-refractivity contribution is 0.0622. The van der Waals surface area contributed by atoms with E-state index in [4.69, 9.17) is 4.74 Å². The highest BCUT2D eigenvalue weighted by Crippen LogP contribution is 2.19. The van der Waals surface area contributed by atoms with Gasteiger partial charge in [0, 0.05) is 44.3 Å². The van der Waals surface area contributed by atoms with E-state index in [1.54, 1.807) is 6.20 Å². The fraction of sp³-hybridized carbons (Fsp3) is 0.273. The van der Waals surface area contributed by atoms with Crippen LogP contribution in [0.3, 0.4) is 0 Å². The highest BCUT2D eigenvalue weighted by molar-refractivity contribution is 6.06. The SMILES string of the molecule is O=C(c1ccnc2ccccc12)N1CCN(CCOc2ccccc2)CC1. The number of carbonyl (C=O) groups is 1. The van der Waals surface area contributed by atoms with Crippen LogP contribution < -0.4 is 4.74 Å². The molecule has 3 aromatic rings. The zero-order valence-corrected chi connectivity index (χ0v) is 15.3. The second-order valence-electron chi connectivity index (χ2n) is 6.67. The van der Waals surface area contributed by atoms with Crippen molar-refractivity contribution >= 4 is 16.8 Å². The van der Waals surface area contributed by atoms with Gasteiger partial charge in [-0.3, -0.25) is 14.7 Å². The third-order valence-corrected chi connectivity index (χ3v) is 4.96. The van der Waals surface area contributed by atoms with Crippen LogP contribution in [0.2, 0.25) is 0 Å². The van der Waals surface area contributed by atoms with Gasteiger partial charge in [-0.25, -0.2) is 0 Å². The highest BCUT2D eigenvalue weighted by Gasteiger charge is 2.23. The van der Waals surface area contributed by atoms with Crippen LogP contribution in [-0.4, -0.2) is 60.0 Å². The molecule has 4 rings (SSSR count). The minimum atomic E-state index is 0.0915. The van der Waals surface area contributed by atoms with Crippen molar-refractivity contribution in [3.8, 4) is 5.75 Å². The summed E-state index contributed by atoms with van der Waals surface area (Å²) >= 11 is 0. The number of amides is 1. The van der Waals surface area contributed by atoms with Crippen LogP contribution in [0.15, 0.2) is 66.9 Å². The van der Waals surface area contributed by atoms with Crippen LogP contribution in [-0.2, 0) is 0 Å². The van der Waals surface area contributed by atoms with Gasteiger partial charge in [0.05, 0.1) is 11.1 Å². The minimum absolute atomic E-state index is 0.0915. The molecule has 1 amide bonds. The van der Waals surface area contributed by atoms with E-state index in [1.807, 2.05) is 65.6 Å². The first-order chi connectivity index (χ1) is 13.3. The zero-order valence-electron chi connectivity index (χ0n) is 15.3. The van der Waals surface area contributed by atoms with Gasteiger partial charge >= 0.3 is 0 Å². The van der Waals surface area contributed by atoms with Gasteiger partial charge in [-0.15, -0.1) is 0 Å². The molecule has 5 nitrogen and oxygen atoms in total. The summed E-state index contributed by atoms with van der Waals surface area (Å²) in [5.74, 6) is 0.990. The Kier molecular flexibility index (Phi) is 5.30. The van der Waals surface area contributed by atoms with E-state index in [0.717, 1.165) is 54.9 Å². The summed E-state index contributed by atoms with van der Waals surface area (Å²) in [5.41, 5.74) is 1.60. The molecule has 2 heterocycles. The molecule has 0 spiro atoms. The molecular formula is C22H23N3O2. The van der Waals surface area contributed by atoms with E-state index in [1.165, 1.54) is 0 Å². The monoisotopic (exact) mass is 361 g/mol. The standard InChI is InChI=1S/C22H23N3O2/c26-22(20-10-11-23-21-9-5-4-8-19(20)21)25-14-12-24(13-15-25)16-17-27-18-6-2-1-3-7-18/h1-11H,12-17H2. The van der Waals surface area contributed by atoms with Gasteiger partial charge in [0.25, 0.3) is 5.91 Å². The van der Waals surface area contributed by atoms with E-state index in [2.05, 4.69) is 9.88 Å². The maximum atomic E-state index is 13.0. The largest absolute Gasteiger partial charge is 0.492 e. The third-order valence-electron chi connectivity index (χ3n) is 4.96. The van der Waals surface area contributed by atoms with Crippen LogP contribution in [0.25, 0.3) is 10.9 Å². The number of aromatic nitrogens is 1. The number of pyridine rings is 1. The number of hydrogen-bond acceptors (Lipinski definition) is 4. The third kappa shape index (κ3) is 4.09. The molecule has 1 aliphatic heterocycles. The van der Waals surface area contributed by atoms with Gasteiger partial charge in [0.2, 0.25) is 0 Å². The van der Waals surface area contributed by atoms with Crippen molar-refractivity contribution in [2.75, 3.05) is 39.3 Å². The minimum Gasteiger partial charge on any atom is -0.492 e. The average Bonchev–Trinajstić information content (AvgIpc) is 2.74. The predicted octanol–water partition coefficient (Wildman–Crippen LogP) is 3.07. The Bertz CT molecular complexity index is 900. The van der Waals surface area contributed by atoms with E-state index in [9.17, 15) is 4.79 Å². The zero-order chi connectivity index (χ0) is 18.5. The fourth-order valence-corrected chi connectivity index (χ4v) is 3.44. The molecule has 0 N–H and O–H groups in total. The molecule has 0 unspecified atom stereocenters. The summed E-state index contributed by atoms with van der Waals surface area (Å²) in [6.45, 7) is 4.74. The van der Waals surface area contributed by atoms with Crippen LogP contribution >= 0.6 is 0 Å². The fourth-order valence-electron chi connectivity index (χ4n) is 3.44. The smallest absolute Gasteiger partial charge is 0.254 e. The highest BCUT2D eigenvalue weighted by atomic mass is 16.5.